The molecule has 2 aromatic heterocycles. The molecule has 0 bridgehead atoms. The lowest BCUT2D eigenvalue weighted by Crippen LogP contribution is -2.50. The molecule has 8 nitrogen and oxygen atoms in total. The molecular weight excluding hydrogens is 462 g/mol. The van der Waals surface area contributed by atoms with Crippen molar-refractivity contribution in [3.05, 3.63) is 70.0 Å². The normalized spacial score (nSPS) is 14.0. The predicted octanol–water partition coefficient (Wildman–Crippen LogP) is 5.06. The molecule has 4 aromatic rings. The summed E-state index contributed by atoms with van der Waals surface area (Å²) < 4.78 is 1.91. The molecule has 0 aliphatic carbocycles. The van der Waals surface area contributed by atoms with Gasteiger partial charge in [-0.05, 0) is 69.2 Å². The van der Waals surface area contributed by atoms with E-state index in [-0.39, 0.29) is 6.03 Å². The molecule has 35 heavy (non-hydrogen) atoms. The Bertz CT molecular complexity index is 1410. The van der Waals surface area contributed by atoms with E-state index in [0.717, 1.165) is 50.6 Å². The zero-order valence-electron chi connectivity index (χ0n) is 20.3. The van der Waals surface area contributed by atoms with Crippen molar-refractivity contribution in [2.24, 2.45) is 0 Å². The fraction of sp³-hybridized carbons (Fsp3) is 0.308. The van der Waals surface area contributed by atoms with Crippen LogP contribution in [0.3, 0.4) is 0 Å². The third-order valence-corrected chi connectivity index (χ3v) is 6.81. The van der Waals surface area contributed by atoms with E-state index >= 15 is 0 Å². The van der Waals surface area contributed by atoms with Crippen LogP contribution < -0.4 is 10.2 Å². The Labute approximate surface area is 209 Å². The number of piperazine rings is 1. The fourth-order valence-electron chi connectivity index (χ4n) is 4.54. The van der Waals surface area contributed by atoms with Gasteiger partial charge >= 0.3 is 6.03 Å². The van der Waals surface area contributed by atoms with Gasteiger partial charge in [-0.2, -0.15) is 10.2 Å². The van der Waals surface area contributed by atoms with Gasteiger partial charge in [-0.1, -0.05) is 23.7 Å². The van der Waals surface area contributed by atoms with Crippen molar-refractivity contribution in [3.63, 3.8) is 0 Å². The number of halogens is 1. The molecule has 3 heterocycles. The molecule has 5 rings (SSSR count). The minimum Gasteiger partial charge on any atom is -0.350 e. The van der Waals surface area contributed by atoms with Gasteiger partial charge in [0.25, 0.3) is 0 Å². The van der Waals surface area contributed by atoms with E-state index in [1.54, 1.807) is 0 Å². The van der Waals surface area contributed by atoms with Gasteiger partial charge in [-0.25, -0.2) is 9.48 Å². The van der Waals surface area contributed by atoms with E-state index < -0.39 is 0 Å². The summed E-state index contributed by atoms with van der Waals surface area (Å²) in [5, 5.41) is 18.6. The second kappa shape index (κ2) is 9.19. The molecule has 2 amide bonds. The van der Waals surface area contributed by atoms with Crippen LogP contribution in [0.1, 0.15) is 22.5 Å². The number of nitrogens with one attached hydrogen (secondary N) is 1. The largest absolute Gasteiger partial charge is 0.350 e. The maximum Gasteiger partial charge on any atom is 0.321 e. The number of hydrogen-bond donors (Lipinski definition) is 1. The van der Waals surface area contributed by atoms with Crippen LogP contribution in [0.4, 0.5) is 16.3 Å². The second-order valence-electron chi connectivity index (χ2n) is 9.03. The molecule has 0 unspecified atom stereocenters. The summed E-state index contributed by atoms with van der Waals surface area (Å²) >= 11 is 6.07. The standard InChI is InChI=1S/C26H28ClN7O/c1-16-5-6-17(2)22(15-16)28-26(35)33-13-11-32(12-14-33)25-24-23(18(3)29-30-25)19(4)34(31-24)21-9-7-20(27)8-10-21/h5-10,15H,11-14H2,1-4H3,(H,28,35). The van der Waals surface area contributed by atoms with Crippen LogP contribution in [-0.4, -0.2) is 57.1 Å². The minimum atomic E-state index is -0.0821. The van der Waals surface area contributed by atoms with Crippen molar-refractivity contribution in [1.29, 1.82) is 0 Å². The Morgan fingerprint density at radius 3 is 2.37 bits per heavy atom. The fourth-order valence-corrected chi connectivity index (χ4v) is 4.67. The van der Waals surface area contributed by atoms with Gasteiger partial charge in [0, 0.05) is 36.9 Å². The van der Waals surface area contributed by atoms with Gasteiger partial charge in [0.1, 0.15) is 5.52 Å². The smallest absolute Gasteiger partial charge is 0.321 e. The molecule has 0 saturated carbocycles. The maximum absolute atomic E-state index is 12.9. The molecule has 1 aliphatic heterocycles. The Balaban J connectivity index is 1.37. The molecule has 0 spiro atoms. The number of aryl methyl sites for hydroxylation is 4. The highest BCUT2D eigenvalue weighted by molar-refractivity contribution is 6.30. The van der Waals surface area contributed by atoms with Crippen molar-refractivity contribution >= 4 is 40.0 Å². The number of urea groups is 1. The van der Waals surface area contributed by atoms with E-state index in [0.29, 0.717) is 31.2 Å². The monoisotopic (exact) mass is 489 g/mol. The van der Waals surface area contributed by atoms with Crippen LogP contribution in [0.2, 0.25) is 5.02 Å². The second-order valence-corrected chi connectivity index (χ2v) is 9.47. The van der Waals surface area contributed by atoms with Crippen LogP contribution in [0.15, 0.2) is 42.5 Å². The van der Waals surface area contributed by atoms with E-state index in [1.165, 1.54) is 0 Å². The first-order valence-corrected chi connectivity index (χ1v) is 12.1. The lowest BCUT2D eigenvalue weighted by atomic mass is 10.1. The van der Waals surface area contributed by atoms with Gasteiger partial charge in [0.2, 0.25) is 0 Å². The number of amides is 2. The van der Waals surface area contributed by atoms with Crippen molar-refractivity contribution < 1.29 is 4.79 Å². The molecule has 1 aliphatic rings. The quantitative estimate of drug-likeness (QED) is 0.435. The maximum atomic E-state index is 12.9. The molecule has 1 N–H and O–H groups in total. The number of rotatable bonds is 3. The van der Waals surface area contributed by atoms with Crippen molar-refractivity contribution in [2.75, 3.05) is 36.4 Å². The van der Waals surface area contributed by atoms with Gasteiger partial charge in [0.15, 0.2) is 5.82 Å². The number of hydrogen-bond acceptors (Lipinski definition) is 5. The molecule has 1 fully saturated rings. The van der Waals surface area contributed by atoms with E-state index in [4.69, 9.17) is 16.7 Å². The number of fused-ring (bicyclic) bond motifs is 1. The van der Waals surface area contributed by atoms with E-state index in [1.807, 2.05) is 79.7 Å². The Morgan fingerprint density at radius 1 is 0.943 bits per heavy atom. The first-order valence-electron chi connectivity index (χ1n) is 11.7. The third kappa shape index (κ3) is 4.41. The molecule has 9 heteroatoms. The summed E-state index contributed by atoms with van der Waals surface area (Å²) in [7, 11) is 0. The van der Waals surface area contributed by atoms with Crippen molar-refractivity contribution in [1.82, 2.24) is 24.9 Å². The Kier molecular flexibility index (Phi) is 6.06. The highest BCUT2D eigenvalue weighted by Crippen LogP contribution is 2.30. The van der Waals surface area contributed by atoms with E-state index in [2.05, 4.69) is 20.4 Å². The lowest BCUT2D eigenvalue weighted by Gasteiger charge is -2.35. The number of nitrogens with zero attached hydrogens (tertiary/aromatic N) is 6. The van der Waals surface area contributed by atoms with Crippen molar-refractivity contribution in [3.8, 4) is 5.69 Å². The number of aromatic nitrogens is 4. The number of anilines is 2. The lowest BCUT2D eigenvalue weighted by molar-refractivity contribution is 0.208. The number of benzene rings is 2. The van der Waals surface area contributed by atoms with Gasteiger partial charge in [-0.3, -0.25) is 0 Å². The van der Waals surface area contributed by atoms with Crippen LogP contribution in [0.25, 0.3) is 16.6 Å². The van der Waals surface area contributed by atoms with Crippen LogP contribution in [0.5, 0.6) is 0 Å². The minimum absolute atomic E-state index is 0.0821. The van der Waals surface area contributed by atoms with Crippen LogP contribution in [0, 0.1) is 27.7 Å². The summed E-state index contributed by atoms with van der Waals surface area (Å²) in [6.07, 6.45) is 0. The summed E-state index contributed by atoms with van der Waals surface area (Å²) in [4.78, 5) is 16.9. The van der Waals surface area contributed by atoms with Gasteiger partial charge < -0.3 is 15.1 Å². The molecule has 0 radical (unpaired) electrons. The van der Waals surface area contributed by atoms with Crippen LogP contribution in [-0.2, 0) is 0 Å². The summed E-state index contributed by atoms with van der Waals surface area (Å²) in [6, 6.07) is 13.6. The topological polar surface area (TPSA) is 79.2 Å². The Hall–Kier alpha value is -3.65. The van der Waals surface area contributed by atoms with Crippen molar-refractivity contribution in [2.45, 2.75) is 27.7 Å². The zero-order chi connectivity index (χ0) is 24.7. The summed E-state index contributed by atoms with van der Waals surface area (Å²) in [5.74, 6) is 0.746. The Morgan fingerprint density at radius 2 is 1.66 bits per heavy atom. The molecular formula is C26H28ClN7O. The highest BCUT2D eigenvalue weighted by atomic mass is 35.5. The zero-order valence-corrected chi connectivity index (χ0v) is 21.1. The first-order chi connectivity index (χ1) is 16.8. The number of carbonyl (C=O) groups is 1. The molecule has 0 atom stereocenters. The molecule has 2 aromatic carbocycles. The average molecular weight is 490 g/mol. The third-order valence-electron chi connectivity index (χ3n) is 6.56. The molecule has 1 saturated heterocycles. The summed E-state index contributed by atoms with van der Waals surface area (Å²) in [6.45, 7) is 10.5. The highest BCUT2D eigenvalue weighted by Gasteiger charge is 2.26. The predicted molar refractivity (Wildman–Crippen MR) is 140 cm³/mol. The molecule has 180 valence electrons. The van der Waals surface area contributed by atoms with Crippen LogP contribution >= 0.6 is 11.6 Å². The SMILES string of the molecule is Cc1ccc(C)c(NC(=O)N2CCN(c3nnc(C)c4c(C)n(-c5ccc(Cl)cc5)nc34)CC2)c1. The summed E-state index contributed by atoms with van der Waals surface area (Å²) in [5.41, 5.74) is 6.61. The number of carbonyl (C=O) groups excluding carboxylic acids is 1. The van der Waals surface area contributed by atoms with E-state index in [9.17, 15) is 4.79 Å². The average Bonchev–Trinajstić information content (AvgIpc) is 3.20. The van der Waals surface area contributed by atoms with Gasteiger partial charge in [0.05, 0.1) is 22.5 Å². The van der Waals surface area contributed by atoms with Gasteiger partial charge in [-0.15, -0.1) is 5.10 Å². The first kappa shape index (κ1) is 23.1.